The molecule has 1 amide bonds. The van der Waals surface area contributed by atoms with Crippen LogP contribution in [0.5, 0.6) is 5.75 Å². The van der Waals surface area contributed by atoms with Crippen molar-refractivity contribution in [2.45, 2.75) is 25.4 Å². The Balaban J connectivity index is 1.93. The van der Waals surface area contributed by atoms with Gasteiger partial charge in [-0.3, -0.25) is 14.9 Å². The second-order valence-electron chi connectivity index (χ2n) is 7.27. The maximum Gasteiger partial charge on any atom is 0.573 e. The predicted octanol–water partition coefficient (Wildman–Crippen LogP) is 4.97. The zero-order chi connectivity index (χ0) is 25.0. The number of ether oxygens (including phenoxy) is 1. The number of anilines is 3. The van der Waals surface area contributed by atoms with E-state index in [0.717, 1.165) is 36.4 Å². The molecule has 1 aliphatic rings. The van der Waals surface area contributed by atoms with Gasteiger partial charge in [0.2, 0.25) is 0 Å². The molecule has 3 rings (SSSR count). The summed E-state index contributed by atoms with van der Waals surface area (Å²) in [5.74, 6) is -1.40. The number of nitro groups is 1. The van der Waals surface area contributed by atoms with Crippen molar-refractivity contribution in [1.82, 2.24) is 0 Å². The summed E-state index contributed by atoms with van der Waals surface area (Å²) in [6.45, 7) is -0.823. The lowest BCUT2D eigenvalue weighted by Crippen LogP contribution is -2.25. The van der Waals surface area contributed by atoms with Crippen molar-refractivity contribution in [2.24, 2.45) is 0 Å². The summed E-state index contributed by atoms with van der Waals surface area (Å²) in [5.41, 5.74) is -1.03. The smallest absolute Gasteiger partial charge is 0.406 e. The molecule has 0 bridgehead atoms. The normalized spacial score (nSPS) is 16.0. The fourth-order valence-electron chi connectivity index (χ4n) is 3.37. The largest absolute Gasteiger partial charge is 0.573 e. The van der Waals surface area contributed by atoms with Crippen LogP contribution in [0, 0.1) is 10.1 Å². The molecule has 2 N–H and O–H groups in total. The third-order valence-electron chi connectivity index (χ3n) is 4.82. The second-order valence-corrected chi connectivity index (χ2v) is 7.27. The van der Waals surface area contributed by atoms with Crippen LogP contribution in [0.4, 0.5) is 49.1 Å². The molecule has 8 nitrogen and oxygen atoms in total. The number of benzene rings is 2. The summed E-state index contributed by atoms with van der Waals surface area (Å²) in [5, 5.41) is 16.2. The van der Waals surface area contributed by atoms with Gasteiger partial charge in [0.1, 0.15) is 17.6 Å². The molecule has 1 unspecified atom stereocenters. The molecule has 1 saturated heterocycles. The van der Waals surface area contributed by atoms with Crippen LogP contribution in [0.2, 0.25) is 0 Å². The third-order valence-corrected chi connectivity index (χ3v) is 4.82. The topological polar surface area (TPSA) is 96.7 Å². The molecule has 2 aromatic carbocycles. The molecule has 14 heteroatoms. The van der Waals surface area contributed by atoms with E-state index < -0.39 is 47.8 Å². The quantitative estimate of drug-likeness (QED) is 0.307. The molecule has 1 atom stereocenters. The van der Waals surface area contributed by atoms with E-state index in [0.29, 0.717) is 0 Å². The molecule has 184 valence electrons. The van der Waals surface area contributed by atoms with Crippen LogP contribution >= 0.6 is 0 Å². The van der Waals surface area contributed by atoms with Gasteiger partial charge in [0, 0.05) is 24.8 Å². The number of carbonyl (C=O) groups is 1. The van der Waals surface area contributed by atoms with Crippen molar-refractivity contribution in [3.63, 3.8) is 0 Å². The molecule has 1 aliphatic heterocycles. The lowest BCUT2D eigenvalue weighted by molar-refractivity contribution is -0.384. The molecule has 34 heavy (non-hydrogen) atoms. The highest BCUT2D eigenvalue weighted by atomic mass is 19.4. The number of hydrogen-bond acceptors (Lipinski definition) is 6. The minimum atomic E-state index is -4.90. The standard InChI is InChI=1S/C20H18F6N4O4/c21-11-5-6-29(10-11)16-8-15(27-9-18(22)23)17(30(32)33)7-14(16)19(31)28-12-1-3-13(4-2-12)34-20(24,25)26/h1-4,7-8,11,18,27H,5-6,9-10H2,(H,28,31). The zero-order valence-electron chi connectivity index (χ0n) is 17.2. The first-order chi connectivity index (χ1) is 15.9. The third kappa shape index (κ3) is 6.42. The van der Waals surface area contributed by atoms with E-state index in [2.05, 4.69) is 15.4 Å². The number of halogens is 6. The van der Waals surface area contributed by atoms with E-state index in [4.69, 9.17) is 0 Å². The van der Waals surface area contributed by atoms with Crippen molar-refractivity contribution < 1.29 is 40.8 Å². The summed E-state index contributed by atoms with van der Waals surface area (Å²) >= 11 is 0. The van der Waals surface area contributed by atoms with Gasteiger partial charge in [-0.1, -0.05) is 0 Å². The highest BCUT2D eigenvalue weighted by Gasteiger charge is 2.31. The number of nitrogens with one attached hydrogen (secondary N) is 2. The Labute approximate surface area is 188 Å². The Morgan fingerprint density at radius 2 is 1.91 bits per heavy atom. The molecular formula is C20H18F6N4O4. The number of alkyl halides is 6. The second kappa shape index (κ2) is 10.1. The van der Waals surface area contributed by atoms with Crippen LogP contribution in [0.1, 0.15) is 16.8 Å². The molecule has 0 aromatic heterocycles. The number of nitrogens with zero attached hydrogens (tertiary/aromatic N) is 2. The Bertz CT molecular complexity index is 1050. The van der Waals surface area contributed by atoms with Crippen molar-refractivity contribution >= 4 is 28.7 Å². The molecule has 0 radical (unpaired) electrons. The number of nitro benzene ring substituents is 1. The maximum atomic E-state index is 13.8. The molecule has 0 spiro atoms. The summed E-state index contributed by atoms with van der Waals surface area (Å²) in [6.07, 6.45) is -8.79. The zero-order valence-corrected chi connectivity index (χ0v) is 17.2. The van der Waals surface area contributed by atoms with Crippen LogP contribution in [0.25, 0.3) is 0 Å². The average molecular weight is 492 g/mol. The minimum Gasteiger partial charge on any atom is -0.406 e. The van der Waals surface area contributed by atoms with Gasteiger partial charge in [0.25, 0.3) is 18.0 Å². The predicted molar refractivity (Wildman–Crippen MR) is 110 cm³/mol. The van der Waals surface area contributed by atoms with Crippen LogP contribution in [0.15, 0.2) is 36.4 Å². The summed E-state index contributed by atoms with van der Waals surface area (Å²) in [4.78, 5) is 25.0. The number of rotatable bonds is 8. The molecule has 2 aromatic rings. The summed E-state index contributed by atoms with van der Waals surface area (Å²) in [7, 11) is 0. The maximum absolute atomic E-state index is 13.8. The summed E-state index contributed by atoms with van der Waals surface area (Å²) < 4.78 is 79.8. The van der Waals surface area contributed by atoms with Crippen LogP contribution in [0.3, 0.4) is 0 Å². The SMILES string of the molecule is O=C(Nc1ccc(OC(F)(F)F)cc1)c1cc([N+](=O)[O-])c(NCC(F)F)cc1N1CCC(F)C1. The first-order valence-corrected chi connectivity index (χ1v) is 9.83. The van der Waals surface area contributed by atoms with Crippen molar-refractivity contribution in [3.8, 4) is 5.75 Å². The van der Waals surface area contributed by atoms with Gasteiger partial charge in [-0.2, -0.15) is 0 Å². The van der Waals surface area contributed by atoms with Gasteiger partial charge in [-0.15, -0.1) is 13.2 Å². The Hall–Kier alpha value is -3.71. The van der Waals surface area contributed by atoms with Gasteiger partial charge in [0.15, 0.2) is 0 Å². The Morgan fingerprint density at radius 1 is 1.24 bits per heavy atom. The van der Waals surface area contributed by atoms with Crippen molar-refractivity contribution in [3.05, 3.63) is 52.1 Å². The highest BCUT2D eigenvalue weighted by Crippen LogP contribution is 2.36. The molecular weight excluding hydrogens is 474 g/mol. The number of amides is 1. The van der Waals surface area contributed by atoms with Gasteiger partial charge in [-0.25, -0.2) is 13.2 Å². The van der Waals surface area contributed by atoms with Gasteiger partial charge < -0.3 is 20.3 Å². The highest BCUT2D eigenvalue weighted by molar-refractivity contribution is 6.09. The minimum absolute atomic E-state index is 0.0535. The van der Waals surface area contributed by atoms with Gasteiger partial charge in [0.05, 0.1) is 22.7 Å². The van der Waals surface area contributed by atoms with E-state index in [9.17, 15) is 41.3 Å². The Morgan fingerprint density at radius 3 is 2.44 bits per heavy atom. The molecule has 1 fully saturated rings. The van der Waals surface area contributed by atoms with Crippen molar-refractivity contribution in [2.75, 3.05) is 35.2 Å². The molecule has 1 heterocycles. The fourth-order valence-corrected chi connectivity index (χ4v) is 3.37. The first-order valence-electron chi connectivity index (χ1n) is 9.83. The number of hydrogen-bond donors (Lipinski definition) is 2. The van der Waals surface area contributed by atoms with E-state index >= 15 is 0 Å². The monoisotopic (exact) mass is 492 g/mol. The Kier molecular flexibility index (Phi) is 7.37. The molecule has 0 saturated carbocycles. The van der Waals surface area contributed by atoms with Crippen molar-refractivity contribution in [1.29, 1.82) is 0 Å². The average Bonchev–Trinajstić information content (AvgIpc) is 3.18. The lowest BCUT2D eigenvalue weighted by Gasteiger charge is -2.22. The van der Waals surface area contributed by atoms with Crippen LogP contribution in [-0.2, 0) is 0 Å². The number of carbonyl (C=O) groups excluding carboxylic acids is 1. The molecule has 0 aliphatic carbocycles. The van der Waals surface area contributed by atoms with Crippen LogP contribution < -0.4 is 20.3 Å². The van der Waals surface area contributed by atoms with E-state index in [1.165, 1.54) is 4.90 Å². The fraction of sp³-hybridized carbons (Fsp3) is 0.350. The van der Waals surface area contributed by atoms with Crippen LogP contribution in [-0.4, -0.2) is 49.4 Å². The summed E-state index contributed by atoms with van der Waals surface area (Å²) in [6, 6.07) is 6.17. The van der Waals surface area contributed by atoms with Gasteiger partial charge >= 0.3 is 6.36 Å². The van der Waals surface area contributed by atoms with E-state index in [1.807, 2.05) is 0 Å². The van der Waals surface area contributed by atoms with Gasteiger partial charge in [-0.05, 0) is 36.8 Å². The van der Waals surface area contributed by atoms with E-state index in [1.54, 1.807) is 0 Å². The first kappa shape index (κ1) is 24.9. The lowest BCUT2D eigenvalue weighted by atomic mass is 10.1. The van der Waals surface area contributed by atoms with E-state index in [-0.39, 0.29) is 42.1 Å².